The van der Waals surface area contributed by atoms with Crippen molar-refractivity contribution in [2.75, 3.05) is 0 Å². The summed E-state index contributed by atoms with van der Waals surface area (Å²) >= 11 is 0.669. The zero-order valence-corrected chi connectivity index (χ0v) is 11.3. The summed E-state index contributed by atoms with van der Waals surface area (Å²) in [4.78, 5) is 32.2. The number of non-ortho nitro benzene ring substituents is 1. The lowest BCUT2D eigenvalue weighted by Crippen LogP contribution is -1.97. The molecule has 7 nitrogen and oxygen atoms in total. The average Bonchev–Trinajstić information content (AvgIpc) is 2.48. The van der Waals surface area contributed by atoms with Crippen molar-refractivity contribution >= 4 is 28.3 Å². The molecule has 0 spiro atoms. The van der Waals surface area contributed by atoms with E-state index in [0.717, 1.165) is 12.1 Å². The minimum absolute atomic E-state index is 0.0689. The van der Waals surface area contributed by atoms with Gasteiger partial charge in [-0.15, -0.1) is 0 Å². The number of benzene rings is 2. The van der Waals surface area contributed by atoms with Gasteiger partial charge in [-0.25, -0.2) is 0 Å². The Hall–Kier alpha value is -2.74. The molecule has 0 aromatic heterocycles. The molecular weight excluding hydrogens is 296 g/mol. The number of nitro groups is 2. The second kappa shape index (κ2) is 6.14. The predicted octanol–water partition coefficient (Wildman–Crippen LogP) is 3.44. The number of hydrogen-bond donors (Lipinski definition) is 0. The third kappa shape index (κ3) is 3.42. The number of carbonyl (C=O) groups excluding carboxylic acids is 1. The molecule has 21 heavy (non-hydrogen) atoms. The number of thioether (sulfide) groups is 1. The van der Waals surface area contributed by atoms with Crippen LogP contribution in [0, 0.1) is 20.2 Å². The van der Waals surface area contributed by atoms with Crippen molar-refractivity contribution in [2.45, 2.75) is 4.90 Å². The number of nitrogens with zero attached hydrogens (tertiary/aromatic N) is 2. The van der Waals surface area contributed by atoms with E-state index in [1.54, 1.807) is 30.3 Å². The van der Waals surface area contributed by atoms with Gasteiger partial charge in [0, 0.05) is 11.6 Å². The summed E-state index contributed by atoms with van der Waals surface area (Å²) in [6.45, 7) is 0. The van der Waals surface area contributed by atoms with Crippen molar-refractivity contribution in [3.63, 3.8) is 0 Å². The maximum Gasteiger partial charge on any atom is 0.290 e. The first kappa shape index (κ1) is 14.7. The second-order valence-electron chi connectivity index (χ2n) is 3.92. The first-order valence-corrected chi connectivity index (χ1v) is 6.51. The third-order valence-corrected chi connectivity index (χ3v) is 3.55. The normalized spacial score (nSPS) is 10.1. The van der Waals surface area contributed by atoms with Gasteiger partial charge in [-0.05, 0) is 17.8 Å². The summed E-state index contributed by atoms with van der Waals surface area (Å²) in [6.07, 6.45) is 0. The molecule has 0 saturated heterocycles. The molecule has 2 aromatic carbocycles. The quantitative estimate of drug-likeness (QED) is 0.487. The molecule has 0 atom stereocenters. The van der Waals surface area contributed by atoms with Crippen LogP contribution in [0.3, 0.4) is 0 Å². The fourth-order valence-corrected chi connectivity index (χ4v) is 2.41. The molecule has 0 saturated carbocycles. The first-order valence-electron chi connectivity index (χ1n) is 5.69. The molecule has 2 aromatic rings. The van der Waals surface area contributed by atoms with Crippen molar-refractivity contribution in [1.29, 1.82) is 0 Å². The summed E-state index contributed by atoms with van der Waals surface area (Å²) in [5.74, 6) is 0. The van der Waals surface area contributed by atoms with Crippen LogP contribution in [0.1, 0.15) is 10.4 Å². The molecule has 0 amide bonds. The Morgan fingerprint density at radius 2 is 1.62 bits per heavy atom. The van der Waals surface area contributed by atoms with Crippen molar-refractivity contribution in [2.24, 2.45) is 0 Å². The SMILES string of the molecule is O=C(Sc1ccc([N+](=O)[O-])cc1[N+](=O)[O-])c1ccccc1. The lowest BCUT2D eigenvalue weighted by Gasteiger charge is -2.02. The summed E-state index contributed by atoms with van der Waals surface area (Å²) in [7, 11) is 0. The van der Waals surface area contributed by atoms with Crippen molar-refractivity contribution in [3.8, 4) is 0 Å². The van der Waals surface area contributed by atoms with Gasteiger partial charge in [0.25, 0.3) is 11.4 Å². The molecule has 2 rings (SSSR count). The van der Waals surface area contributed by atoms with Crippen LogP contribution in [0.2, 0.25) is 0 Å². The lowest BCUT2D eigenvalue weighted by molar-refractivity contribution is -0.396. The Kier molecular flexibility index (Phi) is 4.29. The van der Waals surface area contributed by atoms with Gasteiger partial charge in [-0.2, -0.15) is 0 Å². The molecular formula is C13H8N2O5S. The highest BCUT2D eigenvalue weighted by Gasteiger charge is 2.22. The maximum absolute atomic E-state index is 12.0. The Morgan fingerprint density at radius 3 is 2.19 bits per heavy atom. The molecule has 0 bridgehead atoms. The van der Waals surface area contributed by atoms with Gasteiger partial charge in [0.1, 0.15) is 0 Å². The summed E-state index contributed by atoms with van der Waals surface area (Å²) in [5, 5.41) is 21.2. The van der Waals surface area contributed by atoms with E-state index in [1.807, 2.05) is 0 Å². The third-order valence-electron chi connectivity index (χ3n) is 2.56. The highest BCUT2D eigenvalue weighted by atomic mass is 32.2. The van der Waals surface area contributed by atoms with Crippen LogP contribution in [0.4, 0.5) is 11.4 Å². The zero-order valence-electron chi connectivity index (χ0n) is 10.5. The van der Waals surface area contributed by atoms with Gasteiger partial charge in [-0.3, -0.25) is 25.0 Å². The summed E-state index contributed by atoms with van der Waals surface area (Å²) < 4.78 is 0. The number of nitro benzene ring substituents is 2. The van der Waals surface area contributed by atoms with Crippen LogP contribution in [-0.4, -0.2) is 15.0 Å². The fraction of sp³-hybridized carbons (Fsp3) is 0. The van der Waals surface area contributed by atoms with Crippen LogP contribution < -0.4 is 0 Å². The Labute approximate surface area is 122 Å². The van der Waals surface area contributed by atoms with Crippen LogP contribution in [0.25, 0.3) is 0 Å². The minimum atomic E-state index is -0.742. The molecule has 0 heterocycles. The lowest BCUT2D eigenvalue weighted by atomic mass is 10.2. The molecule has 0 unspecified atom stereocenters. The second-order valence-corrected chi connectivity index (χ2v) is 4.94. The van der Waals surface area contributed by atoms with E-state index in [-0.39, 0.29) is 10.0 Å². The van der Waals surface area contributed by atoms with E-state index < -0.39 is 21.2 Å². The molecule has 0 aliphatic rings. The number of hydrogen-bond acceptors (Lipinski definition) is 6. The monoisotopic (exact) mass is 304 g/mol. The van der Waals surface area contributed by atoms with Gasteiger partial charge in [0.05, 0.1) is 20.8 Å². The van der Waals surface area contributed by atoms with E-state index in [4.69, 9.17) is 0 Å². The van der Waals surface area contributed by atoms with E-state index in [9.17, 15) is 25.0 Å². The number of rotatable bonds is 4. The Bertz CT molecular complexity index is 718. The number of carbonyl (C=O) groups is 1. The van der Waals surface area contributed by atoms with E-state index in [0.29, 0.717) is 17.3 Å². The Balaban J connectivity index is 2.34. The fourth-order valence-electron chi connectivity index (χ4n) is 1.58. The highest BCUT2D eigenvalue weighted by molar-refractivity contribution is 8.14. The van der Waals surface area contributed by atoms with Crippen LogP contribution in [0.5, 0.6) is 0 Å². The Morgan fingerprint density at radius 1 is 0.952 bits per heavy atom. The van der Waals surface area contributed by atoms with Crippen LogP contribution in [-0.2, 0) is 0 Å². The van der Waals surface area contributed by atoms with Crippen molar-refractivity contribution < 1.29 is 14.6 Å². The van der Waals surface area contributed by atoms with Crippen LogP contribution in [0.15, 0.2) is 53.4 Å². The van der Waals surface area contributed by atoms with Gasteiger partial charge in [0.15, 0.2) is 0 Å². The largest absolute Gasteiger partial charge is 0.290 e. The maximum atomic E-state index is 12.0. The van der Waals surface area contributed by atoms with E-state index in [2.05, 4.69) is 0 Å². The molecule has 106 valence electrons. The standard InChI is InChI=1S/C13H8N2O5S/c16-13(9-4-2-1-3-5-9)21-12-7-6-10(14(17)18)8-11(12)15(19)20/h1-8H. The van der Waals surface area contributed by atoms with Gasteiger partial charge >= 0.3 is 0 Å². The van der Waals surface area contributed by atoms with E-state index >= 15 is 0 Å². The van der Waals surface area contributed by atoms with Crippen LogP contribution >= 0.6 is 11.8 Å². The van der Waals surface area contributed by atoms with Gasteiger partial charge in [-0.1, -0.05) is 30.3 Å². The van der Waals surface area contributed by atoms with Crippen molar-refractivity contribution in [3.05, 3.63) is 74.3 Å². The average molecular weight is 304 g/mol. The summed E-state index contributed by atoms with van der Waals surface area (Å²) in [6, 6.07) is 11.5. The summed E-state index contributed by atoms with van der Waals surface area (Å²) in [5.41, 5.74) is -0.452. The van der Waals surface area contributed by atoms with E-state index in [1.165, 1.54) is 6.07 Å². The highest BCUT2D eigenvalue weighted by Crippen LogP contribution is 2.34. The van der Waals surface area contributed by atoms with Gasteiger partial charge < -0.3 is 0 Å². The molecule has 0 N–H and O–H groups in total. The molecule has 8 heteroatoms. The molecule has 0 fully saturated rings. The first-order chi connectivity index (χ1) is 9.99. The van der Waals surface area contributed by atoms with Crippen molar-refractivity contribution in [1.82, 2.24) is 0 Å². The molecule has 0 aliphatic heterocycles. The van der Waals surface area contributed by atoms with Gasteiger partial charge in [0.2, 0.25) is 5.12 Å². The topological polar surface area (TPSA) is 103 Å². The minimum Gasteiger partial charge on any atom is -0.281 e. The zero-order chi connectivity index (χ0) is 15.4. The smallest absolute Gasteiger partial charge is 0.281 e. The molecule has 0 radical (unpaired) electrons. The predicted molar refractivity (Wildman–Crippen MR) is 76.4 cm³/mol. The molecule has 0 aliphatic carbocycles.